The zero-order valence-corrected chi connectivity index (χ0v) is 16.7. The zero-order chi connectivity index (χ0) is 19.2. The molecule has 1 atom stereocenters. The lowest BCUT2D eigenvalue weighted by Crippen LogP contribution is -2.02. The highest BCUT2D eigenvalue weighted by molar-refractivity contribution is 7.09. The van der Waals surface area contributed by atoms with Gasteiger partial charge in [0.25, 0.3) is 0 Å². The molecule has 2 aromatic carbocycles. The summed E-state index contributed by atoms with van der Waals surface area (Å²) in [4.78, 5) is 17.0. The van der Waals surface area contributed by atoms with Crippen molar-refractivity contribution in [1.29, 1.82) is 0 Å². The number of ether oxygens (including phenoxy) is 2. The third-order valence-electron chi connectivity index (χ3n) is 3.94. The predicted octanol–water partition coefficient (Wildman–Crippen LogP) is 5.70. The quantitative estimate of drug-likeness (QED) is 0.454. The highest BCUT2D eigenvalue weighted by Crippen LogP contribution is 2.22. The van der Waals surface area contributed by atoms with Gasteiger partial charge in [-0.3, -0.25) is 4.79 Å². The number of thiazole rings is 1. The predicted molar refractivity (Wildman–Crippen MR) is 108 cm³/mol. The maximum Gasteiger partial charge on any atom is 0.193 e. The molecular weight excluding hydrogens is 382 g/mol. The standard InChI is InChI=1S/C21H20ClNO3S/c1-3-25-14(2)21-23-18(13-27-21)12-26-19-10-6-16(7-11-19)20(24)15-4-8-17(22)9-5-15/h4-11,13-14H,3,12H2,1-2H3. The minimum absolute atomic E-state index is 0.00749. The lowest BCUT2D eigenvalue weighted by Gasteiger charge is -2.07. The second kappa shape index (κ2) is 9.13. The Morgan fingerprint density at radius 1 is 1.11 bits per heavy atom. The number of hydrogen-bond donors (Lipinski definition) is 0. The van der Waals surface area contributed by atoms with Crippen LogP contribution in [0.1, 0.15) is 46.6 Å². The molecular formula is C21H20ClNO3S. The average Bonchev–Trinajstić information content (AvgIpc) is 3.16. The Morgan fingerprint density at radius 2 is 1.74 bits per heavy atom. The van der Waals surface area contributed by atoms with Crippen LogP contribution in [0.25, 0.3) is 0 Å². The van der Waals surface area contributed by atoms with E-state index in [-0.39, 0.29) is 11.9 Å². The normalized spacial score (nSPS) is 12.0. The Labute approximate surface area is 167 Å². The largest absolute Gasteiger partial charge is 0.487 e. The highest BCUT2D eigenvalue weighted by atomic mass is 35.5. The van der Waals surface area contributed by atoms with Gasteiger partial charge in [-0.05, 0) is 62.4 Å². The molecule has 140 valence electrons. The summed E-state index contributed by atoms with van der Waals surface area (Å²) in [6.07, 6.45) is -0.00749. The van der Waals surface area contributed by atoms with E-state index in [1.807, 2.05) is 19.2 Å². The summed E-state index contributed by atoms with van der Waals surface area (Å²) in [6, 6.07) is 14.0. The number of halogens is 1. The van der Waals surface area contributed by atoms with Crippen LogP contribution in [-0.2, 0) is 11.3 Å². The van der Waals surface area contributed by atoms with Crippen LogP contribution in [0.4, 0.5) is 0 Å². The fourth-order valence-corrected chi connectivity index (χ4v) is 3.46. The summed E-state index contributed by atoms with van der Waals surface area (Å²) in [5.74, 6) is 0.641. The van der Waals surface area contributed by atoms with E-state index in [9.17, 15) is 4.79 Å². The molecule has 1 unspecified atom stereocenters. The SMILES string of the molecule is CCOC(C)c1nc(COc2ccc(C(=O)c3ccc(Cl)cc3)cc2)cs1. The van der Waals surface area contributed by atoms with Gasteiger partial charge >= 0.3 is 0 Å². The smallest absolute Gasteiger partial charge is 0.193 e. The Morgan fingerprint density at radius 3 is 2.37 bits per heavy atom. The van der Waals surface area contributed by atoms with Gasteiger partial charge in [-0.25, -0.2) is 4.98 Å². The summed E-state index contributed by atoms with van der Waals surface area (Å²) in [7, 11) is 0. The number of ketones is 1. The molecule has 0 spiro atoms. The first-order chi connectivity index (χ1) is 13.1. The molecule has 0 bridgehead atoms. The maximum absolute atomic E-state index is 12.5. The van der Waals surface area contributed by atoms with Gasteiger partial charge in [0.2, 0.25) is 0 Å². The molecule has 27 heavy (non-hydrogen) atoms. The molecule has 3 aromatic rings. The van der Waals surface area contributed by atoms with Crippen molar-refractivity contribution < 1.29 is 14.3 Å². The Bertz CT molecular complexity index is 891. The van der Waals surface area contributed by atoms with Crippen molar-refractivity contribution in [2.45, 2.75) is 26.6 Å². The van der Waals surface area contributed by atoms with E-state index >= 15 is 0 Å². The number of carbonyl (C=O) groups excluding carboxylic acids is 1. The van der Waals surface area contributed by atoms with Crippen molar-refractivity contribution in [3.63, 3.8) is 0 Å². The van der Waals surface area contributed by atoms with E-state index in [1.54, 1.807) is 59.9 Å². The van der Waals surface area contributed by atoms with Crippen LogP contribution >= 0.6 is 22.9 Å². The van der Waals surface area contributed by atoms with Crippen LogP contribution < -0.4 is 4.74 Å². The fraction of sp³-hybridized carbons (Fsp3) is 0.238. The fourth-order valence-electron chi connectivity index (χ4n) is 2.52. The van der Waals surface area contributed by atoms with Crippen LogP contribution in [0, 0.1) is 0 Å². The Balaban J connectivity index is 1.59. The molecule has 6 heteroatoms. The molecule has 3 rings (SSSR count). The van der Waals surface area contributed by atoms with Crippen molar-refractivity contribution in [2.75, 3.05) is 6.61 Å². The molecule has 4 nitrogen and oxygen atoms in total. The minimum atomic E-state index is -0.0488. The van der Waals surface area contributed by atoms with Crippen molar-refractivity contribution in [3.8, 4) is 5.75 Å². The molecule has 0 saturated carbocycles. The van der Waals surface area contributed by atoms with Crippen LogP contribution in [0.15, 0.2) is 53.9 Å². The molecule has 0 N–H and O–H groups in total. The molecule has 0 aliphatic rings. The van der Waals surface area contributed by atoms with Gasteiger partial charge < -0.3 is 9.47 Å². The Hall–Kier alpha value is -2.21. The van der Waals surface area contributed by atoms with Crippen LogP contribution in [0.2, 0.25) is 5.02 Å². The van der Waals surface area contributed by atoms with Crippen LogP contribution in [0.5, 0.6) is 5.75 Å². The molecule has 1 heterocycles. The summed E-state index contributed by atoms with van der Waals surface area (Å²) in [5.41, 5.74) is 2.07. The molecule has 0 saturated heterocycles. The zero-order valence-electron chi connectivity index (χ0n) is 15.1. The third-order valence-corrected chi connectivity index (χ3v) is 5.25. The summed E-state index contributed by atoms with van der Waals surface area (Å²) >= 11 is 7.43. The van der Waals surface area contributed by atoms with Gasteiger partial charge in [-0.2, -0.15) is 0 Å². The summed E-state index contributed by atoms with van der Waals surface area (Å²) < 4.78 is 11.3. The monoisotopic (exact) mass is 401 g/mol. The van der Waals surface area contributed by atoms with E-state index in [2.05, 4.69) is 4.98 Å². The van der Waals surface area contributed by atoms with Gasteiger partial charge in [0.05, 0.1) is 5.69 Å². The summed E-state index contributed by atoms with van der Waals surface area (Å²) in [6.45, 7) is 4.99. The van der Waals surface area contributed by atoms with E-state index in [1.165, 1.54) is 0 Å². The molecule has 0 aliphatic heterocycles. The number of rotatable bonds is 8. The van der Waals surface area contributed by atoms with Crippen molar-refractivity contribution in [3.05, 3.63) is 80.8 Å². The van der Waals surface area contributed by atoms with Crippen molar-refractivity contribution in [2.24, 2.45) is 0 Å². The minimum Gasteiger partial charge on any atom is -0.487 e. The van der Waals surface area contributed by atoms with Crippen LogP contribution in [0.3, 0.4) is 0 Å². The second-order valence-electron chi connectivity index (χ2n) is 5.92. The lowest BCUT2D eigenvalue weighted by molar-refractivity contribution is 0.0760. The van der Waals surface area contributed by atoms with Crippen molar-refractivity contribution >= 4 is 28.7 Å². The lowest BCUT2D eigenvalue weighted by atomic mass is 10.0. The summed E-state index contributed by atoms with van der Waals surface area (Å²) in [5, 5.41) is 3.53. The molecule has 0 fully saturated rings. The number of nitrogens with zero attached hydrogens (tertiary/aromatic N) is 1. The number of benzene rings is 2. The van der Waals surface area contributed by atoms with E-state index in [4.69, 9.17) is 21.1 Å². The van der Waals surface area contributed by atoms with Gasteiger partial charge in [0.1, 0.15) is 23.5 Å². The molecule has 0 radical (unpaired) electrons. The number of hydrogen-bond acceptors (Lipinski definition) is 5. The first-order valence-corrected chi connectivity index (χ1v) is 9.91. The van der Waals surface area contributed by atoms with E-state index in [0.717, 1.165) is 10.7 Å². The first kappa shape index (κ1) is 19.5. The average molecular weight is 402 g/mol. The van der Waals surface area contributed by atoms with Gasteiger partial charge in [0.15, 0.2) is 5.78 Å². The third kappa shape index (κ3) is 5.16. The van der Waals surface area contributed by atoms with Crippen LogP contribution in [-0.4, -0.2) is 17.4 Å². The van der Waals surface area contributed by atoms with E-state index in [0.29, 0.717) is 35.1 Å². The number of aromatic nitrogens is 1. The van der Waals surface area contributed by atoms with Gasteiger partial charge in [-0.15, -0.1) is 11.3 Å². The second-order valence-corrected chi connectivity index (χ2v) is 7.25. The highest BCUT2D eigenvalue weighted by Gasteiger charge is 2.11. The first-order valence-electron chi connectivity index (χ1n) is 8.66. The Kier molecular flexibility index (Phi) is 6.61. The molecule has 0 amide bonds. The number of carbonyl (C=O) groups is 1. The van der Waals surface area contributed by atoms with Gasteiger partial charge in [-0.1, -0.05) is 11.6 Å². The molecule has 1 aromatic heterocycles. The maximum atomic E-state index is 12.5. The topological polar surface area (TPSA) is 48.4 Å². The van der Waals surface area contributed by atoms with Crippen molar-refractivity contribution in [1.82, 2.24) is 4.98 Å². The molecule has 0 aliphatic carbocycles. The van der Waals surface area contributed by atoms with Gasteiger partial charge in [0, 0.05) is 28.1 Å². The van der Waals surface area contributed by atoms with E-state index < -0.39 is 0 Å².